The van der Waals surface area contributed by atoms with Gasteiger partial charge in [-0.3, -0.25) is 4.90 Å². The first-order valence-corrected chi connectivity index (χ1v) is 6.36. The minimum absolute atomic E-state index is 0.163. The minimum atomic E-state index is -0.397. The third kappa shape index (κ3) is 2.39. The van der Waals surface area contributed by atoms with Gasteiger partial charge in [0.25, 0.3) is 0 Å². The molecule has 0 aromatic rings. The lowest BCUT2D eigenvalue weighted by Crippen LogP contribution is -2.55. The van der Waals surface area contributed by atoms with Gasteiger partial charge in [-0.2, -0.15) is 0 Å². The van der Waals surface area contributed by atoms with Gasteiger partial charge in [-0.05, 0) is 20.8 Å². The molecule has 1 amide bonds. The number of hydrogen-bond donors (Lipinski definition) is 1. The van der Waals surface area contributed by atoms with Crippen LogP contribution < -0.4 is 5.32 Å². The number of rotatable bonds is 0. The fourth-order valence-electron chi connectivity index (χ4n) is 1.89. The predicted octanol–water partition coefficient (Wildman–Crippen LogP) is 1.27. The van der Waals surface area contributed by atoms with Gasteiger partial charge in [0, 0.05) is 18.8 Å². The summed E-state index contributed by atoms with van der Waals surface area (Å²) in [4.78, 5) is 13.8. The predicted molar refractivity (Wildman–Crippen MR) is 61.0 cm³/mol. The molecule has 0 saturated carbocycles. The Morgan fingerprint density at radius 1 is 1.47 bits per heavy atom. The zero-order chi connectivity index (χ0) is 11.1. The van der Waals surface area contributed by atoms with Crippen molar-refractivity contribution in [2.45, 2.75) is 37.8 Å². The average Bonchev–Trinajstić information content (AvgIpc) is 2.34. The van der Waals surface area contributed by atoms with Gasteiger partial charge in [0.1, 0.15) is 5.60 Å². The first kappa shape index (κ1) is 11.1. The molecule has 5 heteroatoms. The van der Waals surface area contributed by atoms with E-state index in [2.05, 4.69) is 5.32 Å². The van der Waals surface area contributed by atoms with Crippen LogP contribution in [0.25, 0.3) is 0 Å². The Morgan fingerprint density at radius 2 is 2.20 bits per heavy atom. The second-order valence-corrected chi connectivity index (χ2v) is 6.20. The molecule has 4 nitrogen and oxygen atoms in total. The van der Waals surface area contributed by atoms with E-state index in [1.165, 1.54) is 0 Å². The Labute approximate surface area is 94.7 Å². The molecular formula is C10H18N2O2S. The van der Waals surface area contributed by atoms with Crippen LogP contribution in [-0.4, -0.2) is 46.9 Å². The summed E-state index contributed by atoms with van der Waals surface area (Å²) in [5.41, 5.74) is -0.397. The third-order valence-electron chi connectivity index (χ3n) is 2.49. The summed E-state index contributed by atoms with van der Waals surface area (Å²) in [6, 6.07) is 0.309. The molecule has 86 valence electrons. The number of carbonyl (C=O) groups is 1. The van der Waals surface area contributed by atoms with Crippen LogP contribution in [0.1, 0.15) is 20.8 Å². The number of fused-ring (bicyclic) bond motifs is 2. The number of nitrogens with zero attached hydrogens (tertiary/aromatic N) is 1. The van der Waals surface area contributed by atoms with Crippen LogP contribution in [0.3, 0.4) is 0 Å². The van der Waals surface area contributed by atoms with Crippen molar-refractivity contribution < 1.29 is 9.53 Å². The molecule has 2 rings (SSSR count). The van der Waals surface area contributed by atoms with Crippen LogP contribution in [0.4, 0.5) is 4.79 Å². The summed E-state index contributed by atoms with van der Waals surface area (Å²) in [5, 5.41) is 3.59. The molecule has 0 aromatic heterocycles. The zero-order valence-corrected chi connectivity index (χ0v) is 10.3. The Hall–Kier alpha value is -0.420. The highest BCUT2D eigenvalue weighted by Gasteiger charge is 2.42. The molecule has 0 aliphatic carbocycles. The van der Waals surface area contributed by atoms with Gasteiger partial charge >= 0.3 is 6.09 Å². The van der Waals surface area contributed by atoms with Crippen LogP contribution in [-0.2, 0) is 4.74 Å². The maximum Gasteiger partial charge on any atom is 0.411 e. The molecule has 2 fully saturated rings. The zero-order valence-electron chi connectivity index (χ0n) is 9.45. The Balaban J connectivity index is 2.01. The lowest BCUT2D eigenvalue weighted by Gasteiger charge is -2.35. The van der Waals surface area contributed by atoms with E-state index in [9.17, 15) is 4.79 Å². The lowest BCUT2D eigenvalue weighted by molar-refractivity contribution is 0.0137. The molecule has 0 aromatic carbocycles. The summed E-state index contributed by atoms with van der Waals surface area (Å²) < 4.78 is 5.40. The van der Waals surface area contributed by atoms with E-state index in [0.717, 1.165) is 18.8 Å². The molecule has 2 aliphatic heterocycles. The summed E-state index contributed by atoms with van der Waals surface area (Å²) in [7, 11) is 0. The van der Waals surface area contributed by atoms with E-state index in [0.29, 0.717) is 6.04 Å². The highest BCUT2D eigenvalue weighted by molar-refractivity contribution is 8.00. The van der Waals surface area contributed by atoms with Crippen molar-refractivity contribution >= 4 is 17.9 Å². The number of hydrogen-bond acceptors (Lipinski definition) is 4. The van der Waals surface area contributed by atoms with Crippen molar-refractivity contribution in [3.63, 3.8) is 0 Å². The van der Waals surface area contributed by atoms with Gasteiger partial charge in [-0.15, -0.1) is 11.8 Å². The molecule has 0 spiro atoms. The molecule has 15 heavy (non-hydrogen) atoms. The average molecular weight is 230 g/mol. The number of carbonyl (C=O) groups excluding carboxylic acids is 1. The van der Waals surface area contributed by atoms with Crippen molar-refractivity contribution in [1.29, 1.82) is 0 Å². The van der Waals surface area contributed by atoms with Crippen LogP contribution in [0, 0.1) is 0 Å². The summed E-state index contributed by atoms with van der Waals surface area (Å²) in [6.07, 6.45) is -0.163. The minimum Gasteiger partial charge on any atom is -0.444 e. The molecule has 2 bridgehead atoms. The first-order chi connectivity index (χ1) is 6.97. The number of ether oxygens (including phenoxy) is 1. The quantitative estimate of drug-likeness (QED) is 0.680. The molecule has 2 aliphatic rings. The fourth-order valence-corrected chi connectivity index (χ4v) is 3.26. The van der Waals surface area contributed by atoms with Crippen molar-refractivity contribution in [1.82, 2.24) is 10.2 Å². The smallest absolute Gasteiger partial charge is 0.411 e. The van der Waals surface area contributed by atoms with Crippen LogP contribution in [0.15, 0.2) is 0 Å². The topological polar surface area (TPSA) is 41.6 Å². The maximum absolute atomic E-state index is 11.9. The molecule has 1 N–H and O–H groups in total. The monoisotopic (exact) mass is 230 g/mol. The van der Waals surface area contributed by atoms with E-state index in [1.807, 2.05) is 37.4 Å². The largest absolute Gasteiger partial charge is 0.444 e. The molecule has 2 atom stereocenters. The van der Waals surface area contributed by atoms with Crippen molar-refractivity contribution in [2.75, 3.05) is 18.8 Å². The van der Waals surface area contributed by atoms with Gasteiger partial charge < -0.3 is 10.1 Å². The summed E-state index contributed by atoms with van der Waals surface area (Å²) >= 11 is 1.84. The second kappa shape index (κ2) is 3.87. The van der Waals surface area contributed by atoms with E-state index >= 15 is 0 Å². The van der Waals surface area contributed by atoms with Gasteiger partial charge in [0.05, 0.1) is 11.4 Å². The SMILES string of the molecule is CC(C)(C)OC(=O)N1[C@H]2CNC[C@@H]1SC2. The third-order valence-corrected chi connectivity index (χ3v) is 3.84. The fraction of sp³-hybridized carbons (Fsp3) is 0.900. The maximum atomic E-state index is 11.9. The van der Waals surface area contributed by atoms with E-state index < -0.39 is 5.60 Å². The van der Waals surface area contributed by atoms with E-state index in [1.54, 1.807) is 0 Å². The normalized spacial score (nSPS) is 30.5. The molecule has 2 heterocycles. The Kier molecular flexibility index (Phi) is 2.85. The van der Waals surface area contributed by atoms with Crippen molar-refractivity contribution in [3.8, 4) is 0 Å². The highest BCUT2D eigenvalue weighted by Crippen LogP contribution is 2.32. The number of piperazine rings is 1. The molecular weight excluding hydrogens is 212 g/mol. The Bertz CT molecular complexity index is 249. The molecule has 2 saturated heterocycles. The van der Waals surface area contributed by atoms with E-state index in [4.69, 9.17) is 4.74 Å². The van der Waals surface area contributed by atoms with Crippen LogP contribution in [0.2, 0.25) is 0 Å². The summed E-state index contributed by atoms with van der Waals surface area (Å²) in [6.45, 7) is 7.48. The second-order valence-electron chi connectivity index (χ2n) is 4.99. The molecule has 0 unspecified atom stereocenters. The van der Waals surface area contributed by atoms with Gasteiger partial charge in [0.2, 0.25) is 0 Å². The summed E-state index contributed by atoms with van der Waals surface area (Å²) in [5.74, 6) is 1.02. The van der Waals surface area contributed by atoms with Gasteiger partial charge in [-0.25, -0.2) is 4.79 Å². The van der Waals surface area contributed by atoms with E-state index in [-0.39, 0.29) is 11.5 Å². The lowest BCUT2D eigenvalue weighted by atomic mass is 10.2. The molecule has 0 radical (unpaired) electrons. The van der Waals surface area contributed by atoms with Gasteiger partial charge in [-0.1, -0.05) is 0 Å². The highest BCUT2D eigenvalue weighted by atomic mass is 32.2. The number of thioether (sulfide) groups is 1. The van der Waals surface area contributed by atoms with Crippen molar-refractivity contribution in [2.24, 2.45) is 0 Å². The Morgan fingerprint density at radius 3 is 2.80 bits per heavy atom. The standard InChI is InChI=1S/C10H18N2O2S/c1-10(2,3)14-9(13)12-7-4-11-5-8(12)15-6-7/h7-8,11H,4-6H2,1-3H3/t7-,8-/m0/s1. The first-order valence-electron chi connectivity index (χ1n) is 5.31. The van der Waals surface area contributed by atoms with Crippen LogP contribution in [0.5, 0.6) is 0 Å². The van der Waals surface area contributed by atoms with Gasteiger partial charge in [0.15, 0.2) is 0 Å². The number of amides is 1. The van der Waals surface area contributed by atoms with Crippen LogP contribution >= 0.6 is 11.8 Å². The van der Waals surface area contributed by atoms with Crippen molar-refractivity contribution in [3.05, 3.63) is 0 Å². The number of nitrogens with one attached hydrogen (secondary N) is 1.